The predicted octanol–water partition coefficient (Wildman–Crippen LogP) is -0.400. The van der Waals surface area contributed by atoms with E-state index in [2.05, 4.69) is 12.2 Å². The quantitative estimate of drug-likeness (QED) is 0.683. The normalized spacial score (nSPS) is 25.7. The molecule has 130 valence electrons. The maximum Gasteiger partial charge on any atom is 0.325 e. The summed E-state index contributed by atoms with van der Waals surface area (Å²) >= 11 is 0. The number of carbonyl (C=O) groups excluding carboxylic acids is 3. The van der Waals surface area contributed by atoms with Crippen LogP contribution in [-0.4, -0.2) is 73.7 Å². The molecule has 2 heterocycles. The molecule has 9 heteroatoms. The van der Waals surface area contributed by atoms with Crippen molar-refractivity contribution in [3.63, 3.8) is 0 Å². The first-order chi connectivity index (χ1) is 10.7. The van der Waals surface area contributed by atoms with E-state index in [0.29, 0.717) is 19.0 Å². The van der Waals surface area contributed by atoms with E-state index in [1.165, 1.54) is 0 Å². The van der Waals surface area contributed by atoms with Crippen LogP contribution in [0.25, 0.3) is 0 Å². The maximum atomic E-state index is 12.3. The second kappa shape index (κ2) is 6.86. The summed E-state index contributed by atoms with van der Waals surface area (Å²) in [5, 5.41) is 2.45. The lowest BCUT2D eigenvalue weighted by Crippen LogP contribution is -2.46. The van der Waals surface area contributed by atoms with Gasteiger partial charge < -0.3 is 10.2 Å². The van der Waals surface area contributed by atoms with Crippen LogP contribution in [0.15, 0.2) is 0 Å². The van der Waals surface area contributed by atoms with E-state index in [1.54, 1.807) is 4.90 Å². The molecule has 2 unspecified atom stereocenters. The summed E-state index contributed by atoms with van der Waals surface area (Å²) < 4.78 is 22.3. The number of hydrogen-bond donors (Lipinski definition) is 1. The molecule has 0 aromatic heterocycles. The largest absolute Gasteiger partial charge is 0.341 e. The van der Waals surface area contributed by atoms with Crippen LogP contribution in [0, 0.1) is 5.92 Å². The minimum Gasteiger partial charge on any atom is -0.341 e. The van der Waals surface area contributed by atoms with Crippen LogP contribution in [0.1, 0.15) is 26.2 Å². The van der Waals surface area contributed by atoms with Gasteiger partial charge in [0.05, 0.1) is 5.75 Å². The average molecular weight is 345 g/mol. The minimum absolute atomic E-state index is 0.0227. The number of hydrogen-bond acceptors (Lipinski definition) is 5. The van der Waals surface area contributed by atoms with E-state index >= 15 is 0 Å². The zero-order valence-electron chi connectivity index (χ0n) is 13.4. The first-order valence-electron chi connectivity index (χ1n) is 7.75. The SMILES string of the molecule is CC1CCCN(C(=O)CN2C(=O)NC(CCS(C)(=O)=O)C2=O)C1. The van der Waals surface area contributed by atoms with Gasteiger partial charge in [0.1, 0.15) is 22.4 Å². The Hall–Kier alpha value is -1.64. The molecule has 0 aromatic carbocycles. The third-order valence-electron chi connectivity index (χ3n) is 4.19. The molecule has 4 amide bonds. The third-order valence-corrected chi connectivity index (χ3v) is 5.16. The molecule has 0 aliphatic carbocycles. The van der Waals surface area contributed by atoms with Crippen molar-refractivity contribution in [2.45, 2.75) is 32.2 Å². The number of carbonyl (C=O) groups is 3. The monoisotopic (exact) mass is 345 g/mol. The van der Waals surface area contributed by atoms with Gasteiger partial charge in [-0.1, -0.05) is 6.92 Å². The molecular weight excluding hydrogens is 322 g/mol. The molecule has 2 fully saturated rings. The van der Waals surface area contributed by atoms with Crippen molar-refractivity contribution in [3.05, 3.63) is 0 Å². The minimum atomic E-state index is -3.21. The van der Waals surface area contributed by atoms with Gasteiger partial charge in [0.25, 0.3) is 5.91 Å². The van der Waals surface area contributed by atoms with Gasteiger partial charge in [0, 0.05) is 19.3 Å². The highest BCUT2D eigenvalue weighted by molar-refractivity contribution is 7.90. The number of sulfone groups is 1. The van der Waals surface area contributed by atoms with Gasteiger partial charge in [0.2, 0.25) is 5.91 Å². The van der Waals surface area contributed by atoms with Crippen molar-refractivity contribution in [1.82, 2.24) is 15.1 Å². The van der Waals surface area contributed by atoms with Crippen LogP contribution in [0.5, 0.6) is 0 Å². The van der Waals surface area contributed by atoms with Crippen LogP contribution >= 0.6 is 0 Å². The Morgan fingerprint density at radius 2 is 2.04 bits per heavy atom. The van der Waals surface area contributed by atoms with Gasteiger partial charge in [-0.3, -0.25) is 14.5 Å². The molecule has 0 spiro atoms. The Labute approximate surface area is 136 Å². The molecule has 2 aliphatic rings. The molecule has 0 aromatic rings. The van der Waals surface area contributed by atoms with Crippen molar-refractivity contribution in [1.29, 1.82) is 0 Å². The number of piperidine rings is 1. The highest BCUT2D eigenvalue weighted by Crippen LogP contribution is 2.17. The number of likely N-dealkylation sites (tertiary alicyclic amines) is 1. The summed E-state index contributed by atoms with van der Waals surface area (Å²) in [6.07, 6.45) is 3.09. The van der Waals surface area contributed by atoms with E-state index in [-0.39, 0.29) is 24.6 Å². The van der Waals surface area contributed by atoms with Crippen molar-refractivity contribution in [2.24, 2.45) is 5.92 Å². The Balaban J connectivity index is 1.93. The summed E-state index contributed by atoms with van der Waals surface area (Å²) in [4.78, 5) is 38.9. The van der Waals surface area contributed by atoms with Gasteiger partial charge >= 0.3 is 6.03 Å². The van der Waals surface area contributed by atoms with Crippen LogP contribution in [0.2, 0.25) is 0 Å². The maximum absolute atomic E-state index is 12.3. The van der Waals surface area contributed by atoms with Gasteiger partial charge in [-0.05, 0) is 25.2 Å². The molecule has 2 atom stereocenters. The van der Waals surface area contributed by atoms with Gasteiger partial charge in [-0.2, -0.15) is 0 Å². The number of urea groups is 1. The van der Waals surface area contributed by atoms with E-state index in [9.17, 15) is 22.8 Å². The molecule has 2 rings (SSSR count). The predicted molar refractivity (Wildman–Crippen MR) is 83.3 cm³/mol. The highest BCUT2D eigenvalue weighted by Gasteiger charge is 2.39. The number of nitrogens with zero attached hydrogens (tertiary/aromatic N) is 2. The highest BCUT2D eigenvalue weighted by atomic mass is 32.2. The second-order valence-corrected chi connectivity index (χ2v) is 8.69. The Morgan fingerprint density at radius 3 is 2.65 bits per heavy atom. The smallest absolute Gasteiger partial charge is 0.325 e. The molecule has 1 N–H and O–H groups in total. The first kappa shape index (κ1) is 17.7. The van der Waals surface area contributed by atoms with E-state index < -0.39 is 27.8 Å². The van der Waals surface area contributed by atoms with Gasteiger partial charge in [-0.25, -0.2) is 13.2 Å². The second-order valence-electron chi connectivity index (χ2n) is 6.43. The van der Waals surface area contributed by atoms with Gasteiger partial charge in [0.15, 0.2) is 0 Å². The number of amides is 4. The standard InChI is InChI=1S/C14H23N3O5S/c1-10-4-3-6-16(8-10)12(18)9-17-13(19)11(15-14(17)20)5-7-23(2,21)22/h10-11H,3-9H2,1-2H3,(H,15,20). The lowest BCUT2D eigenvalue weighted by atomic mass is 10.0. The summed E-state index contributed by atoms with van der Waals surface area (Å²) in [5.41, 5.74) is 0. The third kappa shape index (κ3) is 4.66. The van der Waals surface area contributed by atoms with E-state index in [0.717, 1.165) is 24.0 Å². The lowest BCUT2D eigenvalue weighted by Gasteiger charge is -2.31. The summed E-state index contributed by atoms with van der Waals surface area (Å²) in [7, 11) is -3.21. The fourth-order valence-electron chi connectivity index (χ4n) is 2.91. The summed E-state index contributed by atoms with van der Waals surface area (Å²) in [6.45, 7) is 3.06. The molecular formula is C14H23N3O5S. The zero-order valence-corrected chi connectivity index (χ0v) is 14.3. The fourth-order valence-corrected chi connectivity index (χ4v) is 3.57. The lowest BCUT2D eigenvalue weighted by molar-refractivity contribution is -0.138. The van der Waals surface area contributed by atoms with Crippen LogP contribution in [0.4, 0.5) is 4.79 Å². The fraction of sp³-hybridized carbons (Fsp3) is 0.786. The molecule has 0 bridgehead atoms. The Morgan fingerprint density at radius 1 is 1.35 bits per heavy atom. The Kier molecular flexibility index (Phi) is 5.28. The van der Waals surface area contributed by atoms with Crippen LogP contribution in [-0.2, 0) is 19.4 Å². The average Bonchev–Trinajstić information content (AvgIpc) is 2.72. The van der Waals surface area contributed by atoms with Crippen molar-refractivity contribution >= 4 is 27.7 Å². The molecule has 0 radical (unpaired) electrons. The van der Waals surface area contributed by atoms with Crippen molar-refractivity contribution < 1.29 is 22.8 Å². The summed E-state index contributed by atoms with van der Waals surface area (Å²) in [5.74, 6) is -0.547. The van der Waals surface area contributed by atoms with Gasteiger partial charge in [-0.15, -0.1) is 0 Å². The Bertz CT molecular complexity index is 604. The molecule has 2 aliphatic heterocycles. The van der Waals surface area contributed by atoms with E-state index in [1.807, 2.05) is 0 Å². The zero-order chi connectivity index (χ0) is 17.2. The van der Waals surface area contributed by atoms with Crippen LogP contribution in [0.3, 0.4) is 0 Å². The van der Waals surface area contributed by atoms with Crippen molar-refractivity contribution in [3.8, 4) is 0 Å². The molecule has 8 nitrogen and oxygen atoms in total. The first-order valence-corrected chi connectivity index (χ1v) is 9.81. The topological polar surface area (TPSA) is 104 Å². The van der Waals surface area contributed by atoms with Crippen molar-refractivity contribution in [2.75, 3.05) is 31.6 Å². The molecule has 2 saturated heterocycles. The number of imide groups is 1. The van der Waals surface area contributed by atoms with Crippen LogP contribution < -0.4 is 5.32 Å². The summed E-state index contributed by atoms with van der Waals surface area (Å²) in [6, 6.07) is -1.50. The number of rotatable bonds is 5. The number of nitrogens with one attached hydrogen (secondary N) is 1. The molecule has 0 saturated carbocycles. The van der Waals surface area contributed by atoms with E-state index in [4.69, 9.17) is 0 Å². The molecule has 23 heavy (non-hydrogen) atoms.